The van der Waals surface area contributed by atoms with E-state index >= 15 is 0 Å². The zero-order chi connectivity index (χ0) is 13.4. The fourth-order valence-electron chi connectivity index (χ4n) is 3.38. The van der Waals surface area contributed by atoms with Crippen molar-refractivity contribution in [2.75, 3.05) is 0 Å². The molecule has 4 rings (SSSR count). The van der Waals surface area contributed by atoms with Gasteiger partial charge in [-0.15, -0.1) is 11.8 Å². The zero-order valence-corrected chi connectivity index (χ0v) is 12.1. The van der Waals surface area contributed by atoms with E-state index in [-0.39, 0.29) is 18.2 Å². The van der Waals surface area contributed by atoms with Crippen LogP contribution in [0.25, 0.3) is 0 Å². The molecular formula is C15H17NO2S. The van der Waals surface area contributed by atoms with Gasteiger partial charge in [0.2, 0.25) is 0 Å². The summed E-state index contributed by atoms with van der Waals surface area (Å²) in [5.74, 6) is 0. The summed E-state index contributed by atoms with van der Waals surface area (Å²) in [7, 11) is 0. The number of hydrogen-bond donors (Lipinski definition) is 0. The highest BCUT2D eigenvalue weighted by Gasteiger charge is 2.67. The molecule has 4 heteroatoms. The first kappa shape index (κ1) is 11.6. The van der Waals surface area contributed by atoms with Gasteiger partial charge in [0.05, 0.1) is 12.1 Å². The molecule has 1 aromatic rings. The predicted octanol–water partition coefficient (Wildman–Crippen LogP) is 3.52. The monoisotopic (exact) mass is 275 g/mol. The van der Waals surface area contributed by atoms with Crippen LogP contribution in [0.15, 0.2) is 24.3 Å². The van der Waals surface area contributed by atoms with E-state index in [0.29, 0.717) is 10.5 Å². The Bertz CT molecular complexity index is 531. The Labute approximate surface area is 117 Å². The van der Waals surface area contributed by atoms with Gasteiger partial charge in [-0.1, -0.05) is 24.3 Å². The third kappa shape index (κ3) is 1.55. The molecule has 3 nitrogen and oxygen atoms in total. The van der Waals surface area contributed by atoms with E-state index in [2.05, 4.69) is 24.3 Å². The smallest absolute Gasteiger partial charge is 0.411 e. The van der Waals surface area contributed by atoms with Crippen molar-refractivity contribution in [2.24, 2.45) is 0 Å². The molecule has 4 unspecified atom stereocenters. The largest absolute Gasteiger partial charge is 0.444 e. The molecule has 0 saturated carbocycles. The Morgan fingerprint density at radius 3 is 2.16 bits per heavy atom. The van der Waals surface area contributed by atoms with E-state index in [9.17, 15) is 4.79 Å². The zero-order valence-electron chi connectivity index (χ0n) is 11.3. The van der Waals surface area contributed by atoms with Crippen molar-refractivity contribution in [1.82, 2.24) is 4.90 Å². The molecule has 2 saturated heterocycles. The second-order valence-electron chi connectivity index (χ2n) is 6.47. The van der Waals surface area contributed by atoms with Crippen molar-refractivity contribution in [3.05, 3.63) is 35.4 Å². The van der Waals surface area contributed by atoms with Gasteiger partial charge in [-0.05, 0) is 31.9 Å². The van der Waals surface area contributed by atoms with Crippen molar-refractivity contribution in [2.45, 2.75) is 49.0 Å². The summed E-state index contributed by atoms with van der Waals surface area (Å²) in [6, 6.07) is 8.90. The van der Waals surface area contributed by atoms with Crippen LogP contribution in [0.3, 0.4) is 0 Å². The van der Waals surface area contributed by atoms with Gasteiger partial charge in [0, 0.05) is 10.5 Å². The van der Waals surface area contributed by atoms with E-state index in [1.807, 2.05) is 37.4 Å². The highest BCUT2D eigenvalue weighted by atomic mass is 32.2. The van der Waals surface area contributed by atoms with E-state index in [1.54, 1.807) is 0 Å². The summed E-state index contributed by atoms with van der Waals surface area (Å²) in [5, 5.41) is 1.18. The predicted molar refractivity (Wildman–Crippen MR) is 75.2 cm³/mol. The van der Waals surface area contributed by atoms with Gasteiger partial charge in [-0.3, -0.25) is 4.90 Å². The number of hydrogen-bond acceptors (Lipinski definition) is 3. The van der Waals surface area contributed by atoms with Crippen molar-refractivity contribution in [3.8, 4) is 0 Å². The normalized spacial score (nSPS) is 33.9. The molecule has 0 radical (unpaired) electrons. The highest BCUT2D eigenvalue weighted by molar-refractivity contribution is 8.07. The Hall–Kier alpha value is -1.16. The number of rotatable bonds is 0. The van der Waals surface area contributed by atoms with Crippen molar-refractivity contribution < 1.29 is 9.53 Å². The molecule has 1 aromatic carbocycles. The summed E-state index contributed by atoms with van der Waals surface area (Å²) in [6.07, 6.45) is -0.161. The van der Waals surface area contributed by atoms with Gasteiger partial charge in [0.1, 0.15) is 5.60 Å². The Morgan fingerprint density at radius 1 is 1.16 bits per heavy atom. The van der Waals surface area contributed by atoms with Crippen molar-refractivity contribution in [3.63, 3.8) is 0 Å². The first-order valence-electron chi connectivity index (χ1n) is 6.73. The van der Waals surface area contributed by atoms with E-state index in [0.717, 1.165) is 0 Å². The number of amides is 1. The minimum atomic E-state index is -0.428. The summed E-state index contributed by atoms with van der Waals surface area (Å²) >= 11 is 2.00. The minimum absolute atomic E-state index is 0.161. The van der Waals surface area contributed by atoms with E-state index in [1.165, 1.54) is 11.1 Å². The number of nitrogens with zero attached hydrogens (tertiary/aromatic N) is 1. The SMILES string of the molecule is CC(C)(C)OC(=O)N1C2c3ccccc3C1C1SC12. The van der Waals surface area contributed by atoms with Gasteiger partial charge in [-0.2, -0.15) is 0 Å². The van der Waals surface area contributed by atoms with Crippen LogP contribution in [0, 0.1) is 0 Å². The summed E-state index contributed by atoms with van der Waals surface area (Å²) in [4.78, 5) is 14.4. The molecule has 3 aliphatic heterocycles. The lowest BCUT2D eigenvalue weighted by molar-refractivity contribution is 0.0176. The van der Waals surface area contributed by atoms with Crippen LogP contribution in [-0.2, 0) is 4.74 Å². The molecule has 2 bridgehead atoms. The molecule has 0 aromatic heterocycles. The van der Waals surface area contributed by atoms with Crippen LogP contribution in [0.1, 0.15) is 44.0 Å². The number of carbonyl (C=O) groups excluding carboxylic acids is 1. The quantitative estimate of drug-likeness (QED) is 0.678. The molecule has 3 heterocycles. The second-order valence-corrected chi connectivity index (χ2v) is 7.83. The van der Waals surface area contributed by atoms with Gasteiger partial charge in [0.15, 0.2) is 0 Å². The van der Waals surface area contributed by atoms with Crippen LogP contribution >= 0.6 is 11.8 Å². The first-order valence-corrected chi connectivity index (χ1v) is 7.67. The maximum Gasteiger partial charge on any atom is 0.411 e. The Morgan fingerprint density at radius 2 is 1.68 bits per heavy atom. The second kappa shape index (κ2) is 3.48. The van der Waals surface area contributed by atoms with Crippen LogP contribution in [-0.4, -0.2) is 27.1 Å². The molecule has 3 aliphatic rings. The van der Waals surface area contributed by atoms with Crippen LogP contribution in [0.4, 0.5) is 4.79 Å². The van der Waals surface area contributed by atoms with Crippen molar-refractivity contribution in [1.29, 1.82) is 0 Å². The molecule has 0 spiro atoms. The van der Waals surface area contributed by atoms with Gasteiger partial charge in [0.25, 0.3) is 0 Å². The molecule has 19 heavy (non-hydrogen) atoms. The minimum Gasteiger partial charge on any atom is -0.444 e. The number of ether oxygens (including phenoxy) is 1. The molecule has 100 valence electrons. The first-order chi connectivity index (χ1) is 8.97. The van der Waals surface area contributed by atoms with Gasteiger partial charge >= 0.3 is 6.09 Å². The average Bonchev–Trinajstić information content (AvgIpc) is 2.95. The molecule has 1 amide bonds. The number of fused-ring (bicyclic) bond motifs is 8. The molecule has 4 atom stereocenters. The van der Waals surface area contributed by atoms with Crippen LogP contribution in [0.2, 0.25) is 0 Å². The fourth-order valence-corrected chi connectivity index (χ4v) is 4.80. The van der Waals surface area contributed by atoms with Gasteiger partial charge < -0.3 is 4.74 Å². The molecule has 0 N–H and O–H groups in total. The lowest BCUT2D eigenvalue weighted by Crippen LogP contribution is -2.36. The topological polar surface area (TPSA) is 29.5 Å². The summed E-state index contributed by atoms with van der Waals surface area (Å²) in [6.45, 7) is 5.77. The molecular weight excluding hydrogens is 258 g/mol. The maximum absolute atomic E-state index is 12.5. The summed E-state index contributed by atoms with van der Waals surface area (Å²) in [5.41, 5.74) is 2.22. The third-order valence-corrected chi connectivity index (χ3v) is 5.44. The highest BCUT2D eigenvalue weighted by Crippen LogP contribution is 2.70. The molecule has 2 fully saturated rings. The number of thioether (sulfide) groups is 1. The number of carbonyl (C=O) groups is 1. The fraction of sp³-hybridized carbons (Fsp3) is 0.533. The lowest BCUT2D eigenvalue weighted by atomic mass is 9.92. The van der Waals surface area contributed by atoms with E-state index < -0.39 is 5.60 Å². The average molecular weight is 275 g/mol. The Kier molecular flexibility index (Phi) is 2.13. The van der Waals surface area contributed by atoms with Crippen LogP contribution in [0.5, 0.6) is 0 Å². The van der Waals surface area contributed by atoms with Gasteiger partial charge in [-0.25, -0.2) is 4.79 Å². The standard InChI is InChI=1S/C15H17NO2S/c1-15(2,3)18-14(17)16-10-8-6-4-5-7-9(8)11(16)13-12(10)19-13/h4-7,10-13H,1-3H3. The lowest BCUT2D eigenvalue weighted by Gasteiger charge is -2.29. The van der Waals surface area contributed by atoms with E-state index in [4.69, 9.17) is 4.74 Å². The molecule has 0 aliphatic carbocycles. The maximum atomic E-state index is 12.5. The van der Waals surface area contributed by atoms with Crippen LogP contribution < -0.4 is 0 Å². The number of benzene rings is 1. The van der Waals surface area contributed by atoms with Crippen molar-refractivity contribution >= 4 is 17.9 Å². The Balaban J connectivity index is 1.69. The summed E-state index contributed by atoms with van der Waals surface area (Å²) < 4.78 is 5.58. The third-order valence-electron chi connectivity index (χ3n) is 4.02.